The molecule has 0 aromatic carbocycles. The molecule has 0 atom stereocenters. The molecule has 3 rings (SSSR count). The minimum absolute atomic E-state index is 0.00423. The number of nitrogens with one attached hydrogen (secondary N) is 2. The number of rotatable bonds is 5. The molecule has 0 bridgehead atoms. The van der Waals surface area contributed by atoms with Gasteiger partial charge in [-0.3, -0.25) is 4.79 Å². The van der Waals surface area contributed by atoms with E-state index in [0.717, 1.165) is 30.8 Å². The highest BCUT2D eigenvalue weighted by Crippen LogP contribution is 2.38. The predicted octanol–water partition coefficient (Wildman–Crippen LogP) is 2.19. The number of hydrogen-bond donors (Lipinski definition) is 2. The van der Waals surface area contributed by atoms with Gasteiger partial charge in [0.25, 0.3) is 0 Å². The summed E-state index contributed by atoms with van der Waals surface area (Å²) in [6.07, 6.45) is 6.11. The van der Waals surface area contributed by atoms with E-state index in [1.807, 2.05) is 0 Å². The maximum atomic E-state index is 11.9. The van der Waals surface area contributed by atoms with Crippen LogP contribution in [0, 0.1) is 11.3 Å². The van der Waals surface area contributed by atoms with Crippen molar-refractivity contribution in [3.05, 3.63) is 16.0 Å². The number of carbonyl (C=O) groups is 1. The van der Waals surface area contributed by atoms with Gasteiger partial charge >= 0.3 is 0 Å². The van der Waals surface area contributed by atoms with Crippen LogP contribution in [0.1, 0.15) is 41.7 Å². The summed E-state index contributed by atoms with van der Waals surface area (Å²) < 4.78 is 0. The first-order valence-corrected chi connectivity index (χ1v) is 7.67. The van der Waals surface area contributed by atoms with Gasteiger partial charge in [0, 0.05) is 23.9 Å². The van der Waals surface area contributed by atoms with Crippen LogP contribution in [0.25, 0.3) is 0 Å². The summed E-state index contributed by atoms with van der Waals surface area (Å²) in [6, 6.07) is 2.88. The van der Waals surface area contributed by atoms with Crippen LogP contribution < -0.4 is 10.6 Å². The van der Waals surface area contributed by atoms with Crippen molar-refractivity contribution < 1.29 is 4.79 Å². The van der Waals surface area contributed by atoms with Gasteiger partial charge in [-0.15, -0.1) is 11.3 Å². The summed E-state index contributed by atoms with van der Waals surface area (Å²) in [5.74, 6) is 0.00423. The quantitative estimate of drug-likeness (QED) is 0.865. The average molecular weight is 275 g/mol. The van der Waals surface area contributed by atoms with Crippen LogP contribution in [-0.4, -0.2) is 18.5 Å². The van der Waals surface area contributed by atoms with Crippen molar-refractivity contribution in [3.63, 3.8) is 0 Å². The normalized spacial score (nSPS) is 17.0. The van der Waals surface area contributed by atoms with Crippen molar-refractivity contribution >= 4 is 22.2 Å². The predicted molar refractivity (Wildman–Crippen MR) is 75.3 cm³/mol. The molecule has 0 saturated heterocycles. The maximum absolute atomic E-state index is 11.9. The van der Waals surface area contributed by atoms with E-state index in [9.17, 15) is 10.1 Å². The molecule has 19 heavy (non-hydrogen) atoms. The Bertz CT molecular complexity index is 540. The second-order valence-electron chi connectivity index (χ2n) is 5.20. The van der Waals surface area contributed by atoms with Crippen LogP contribution in [0.5, 0.6) is 0 Å². The van der Waals surface area contributed by atoms with Gasteiger partial charge in [0.2, 0.25) is 5.91 Å². The largest absolute Gasteiger partial charge is 0.317 e. The Kier molecular flexibility index (Phi) is 3.54. The van der Waals surface area contributed by atoms with E-state index < -0.39 is 0 Å². The van der Waals surface area contributed by atoms with Gasteiger partial charge in [-0.05, 0) is 37.7 Å². The number of hydrogen-bond acceptors (Lipinski definition) is 4. The zero-order valence-electron chi connectivity index (χ0n) is 10.8. The minimum Gasteiger partial charge on any atom is -0.317 e. The molecule has 1 aromatic rings. The van der Waals surface area contributed by atoms with Gasteiger partial charge < -0.3 is 10.6 Å². The van der Waals surface area contributed by atoms with Crippen LogP contribution in [0.3, 0.4) is 0 Å². The molecule has 2 aliphatic carbocycles. The van der Waals surface area contributed by atoms with Crippen LogP contribution in [-0.2, 0) is 17.6 Å². The highest BCUT2D eigenvalue weighted by molar-refractivity contribution is 7.16. The second kappa shape index (κ2) is 5.32. The number of carbonyl (C=O) groups excluding carboxylic acids is 1. The number of thiophene rings is 1. The topological polar surface area (TPSA) is 64.9 Å². The molecular weight excluding hydrogens is 258 g/mol. The molecule has 1 amide bonds. The number of nitriles is 1. The molecule has 0 aliphatic heterocycles. The van der Waals surface area contributed by atoms with Crippen LogP contribution in [0.2, 0.25) is 0 Å². The van der Waals surface area contributed by atoms with Crippen molar-refractivity contribution in [2.75, 3.05) is 11.9 Å². The fourth-order valence-corrected chi connectivity index (χ4v) is 3.73. The van der Waals surface area contributed by atoms with E-state index in [4.69, 9.17) is 0 Å². The van der Waals surface area contributed by atoms with E-state index in [2.05, 4.69) is 16.7 Å². The summed E-state index contributed by atoms with van der Waals surface area (Å²) in [7, 11) is 0. The van der Waals surface area contributed by atoms with Crippen molar-refractivity contribution in [3.8, 4) is 6.07 Å². The Morgan fingerprint density at radius 3 is 3.00 bits per heavy atom. The Morgan fingerprint density at radius 2 is 2.26 bits per heavy atom. The molecule has 0 radical (unpaired) electrons. The molecule has 1 aromatic heterocycles. The second-order valence-corrected chi connectivity index (χ2v) is 6.31. The van der Waals surface area contributed by atoms with E-state index in [-0.39, 0.29) is 5.91 Å². The molecule has 0 spiro atoms. The van der Waals surface area contributed by atoms with Crippen molar-refractivity contribution in [2.45, 2.75) is 44.6 Å². The van der Waals surface area contributed by atoms with Gasteiger partial charge in [0.1, 0.15) is 11.1 Å². The van der Waals surface area contributed by atoms with Crippen molar-refractivity contribution in [2.24, 2.45) is 0 Å². The molecule has 0 unspecified atom stereocenters. The fourth-order valence-electron chi connectivity index (χ4n) is 2.48. The van der Waals surface area contributed by atoms with Crippen LogP contribution in [0.15, 0.2) is 0 Å². The average Bonchev–Trinajstić information content (AvgIpc) is 2.99. The zero-order valence-corrected chi connectivity index (χ0v) is 11.6. The molecule has 2 aliphatic rings. The van der Waals surface area contributed by atoms with Crippen molar-refractivity contribution in [1.82, 2.24) is 5.32 Å². The minimum atomic E-state index is 0.00423. The zero-order chi connectivity index (χ0) is 13.2. The molecule has 5 heteroatoms. The highest BCUT2D eigenvalue weighted by Gasteiger charge is 2.23. The lowest BCUT2D eigenvalue weighted by Gasteiger charge is -2.04. The number of aryl methyl sites for hydroxylation is 1. The lowest BCUT2D eigenvalue weighted by Crippen LogP contribution is -2.23. The number of anilines is 1. The first-order chi connectivity index (χ1) is 9.28. The molecule has 1 fully saturated rings. The standard InChI is InChI=1S/C14H17N3OS/c15-8-11-10-2-1-3-12(10)19-14(11)17-13(18)6-7-16-9-4-5-9/h9,16H,1-7H2,(H,17,18). The van der Waals surface area contributed by atoms with Gasteiger partial charge in [-0.25, -0.2) is 0 Å². The molecule has 2 N–H and O–H groups in total. The Morgan fingerprint density at radius 1 is 1.42 bits per heavy atom. The molecule has 1 saturated carbocycles. The smallest absolute Gasteiger partial charge is 0.226 e. The SMILES string of the molecule is N#Cc1c(NC(=O)CCNC2CC2)sc2c1CCC2. The lowest BCUT2D eigenvalue weighted by molar-refractivity contribution is -0.116. The summed E-state index contributed by atoms with van der Waals surface area (Å²) in [5.41, 5.74) is 1.86. The third-order valence-corrected chi connectivity index (χ3v) is 4.86. The third kappa shape index (κ3) is 2.80. The van der Waals surface area contributed by atoms with Gasteiger partial charge in [-0.1, -0.05) is 0 Å². The van der Waals surface area contributed by atoms with Crippen LogP contribution >= 0.6 is 11.3 Å². The summed E-state index contributed by atoms with van der Waals surface area (Å²) in [4.78, 5) is 13.1. The number of nitrogens with zero attached hydrogens (tertiary/aromatic N) is 1. The summed E-state index contributed by atoms with van der Waals surface area (Å²) in [6.45, 7) is 0.726. The summed E-state index contributed by atoms with van der Waals surface area (Å²) in [5, 5.41) is 16.2. The van der Waals surface area contributed by atoms with Gasteiger partial charge in [0.15, 0.2) is 0 Å². The maximum Gasteiger partial charge on any atom is 0.226 e. The number of fused-ring (bicyclic) bond motifs is 1. The van der Waals surface area contributed by atoms with Crippen molar-refractivity contribution in [1.29, 1.82) is 5.26 Å². The Labute approximate surface area is 116 Å². The molecular formula is C14H17N3OS. The fraction of sp³-hybridized carbons (Fsp3) is 0.571. The molecule has 100 valence electrons. The Hall–Kier alpha value is -1.38. The first-order valence-electron chi connectivity index (χ1n) is 6.86. The monoisotopic (exact) mass is 275 g/mol. The first kappa shape index (κ1) is 12.6. The van der Waals surface area contributed by atoms with E-state index in [1.54, 1.807) is 11.3 Å². The van der Waals surface area contributed by atoms with Crippen LogP contribution in [0.4, 0.5) is 5.00 Å². The van der Waals surface area contributed by atoms with E-state index >= 15 is 0 Å². The molecule has 1 heterocycles. The van der Waals surface area contributed by atoms with Gasteiger partial charge in [-0.2, -0.15) is 5.26 Å². The van der Waals surface area contributed by atoms with E-state index in [1.165, 1.54) is 23.3 Å². The van der Waals surface area contributed by atoms with E-state index in [0.29, 0.717) is 18.0 Å². The van der Waals surface area contributed by atoms with Gasteiger partial charge in [0.05, 0.1) is 5.56 Å². The highest BCUT2D eigenvalue weighted by atomic mass is 32.1. The Balaban J connectivity index is 1.59. The third-order valence-electron chi connectivity index (χ3n) is 3.65. The molecule has 4 nitrogen and oxygen atoms in total. The summed E-state index contributed by atoms with van der Waals surface area (Å²) >= 11 is 1.58. The number of amides is 1. The lowest BCUT2D eigenvalue weighted by atomic mass is 10.1.